The monoisotopic (exact) mass is 378 g/mol. The zero-order valence-corrected chi connectivity index (χ0v) is 20.8. The molecule has 0 saturated carbocycles. The van der Waals surface area contributed by atoms with Gasteiger partial charge in [0.2, 0.25) is 0 Å². The lowest BCUT2D eigenvalue weighted by molar-refractivity contribution is 0.202. The maximum absolute atomic E-state index is 2.57. The van der Waals surface area contributed by atoms with Crippen molar-refractivity contribution in [2.45, 2.75) is 121 Å². The summed E-state index contributed by atoms with van der Waals surface area (Å²) in [5, 5.41) is 0. The van der Waals surface area contributed by atoms with Crippen molar-refractivity contribution in [1.29, 1.82) is 0 Å². The van der Waals surface area contributed by atoms with E-state index in [9.17, 15) is 0 Å². The van der Waals surface area contributed by atoms with E-state index in [0.717, 1.165) is 41.4 Å². The molecule has 0 aliphatic carbocycles. The molecule has 0 nitrogen and oxygen atoms in total. The molecule has 0 aliphatic heterocycles. The lowest BCUT2D eigenvalue weighted by Gasteiger charge is -2.33. The summed E-state index contributed by atoms with van der Waals surface area (Å²) in [5.41, 5.74) is 1.63. The molecule has 0 aliphatic rings. The van der Waals surface area contributed by atoms with Crippen LogP contribution in [0.2, 0.25) is 0 Å². The van der Waals surface area contributed by atoms with Gasteiger partial charge < -0.3 is 0 Å². The fraction of sp³-hybridized carbons (Fsp3) is 0.926. The van der Waals surface area contributed by atoms with Crippen LogP contribution in [-0.4, -0.2) is 0 Å². The van der Waals surface area contributed by atoms with Crippen molar-refractivity contribution < 1.29 is 0 Å². The van der Waals surface area contributed by atoms with E-state index in [0.29, 0.717) is 0 Å². The van der Waals surface area contributed by atoms with Crippen molar-refractivity contribution >= 4 is 0 Å². The number of unbranched alkanes of at least 4 members (excludes halogenated alkanes) is 1. The third-order valence-electron chi connectivity index (χ3n) is 7.41. The second-order valence-electron chi connectivity index (χ2n) is 10.4. The molecule has 0 aromatic heterocycles. The van der Waals surface area contributed by atoms with E-state index in [2.05, 4.69) is 75.3 Å². The highest BCUT2D eigenvalue weighted by molar-refractivity contribution is 5.05. The SMILES string of the molecule is CCC(C)C(C)C(CC)C(C)C(C)=CCC(C)CCCCC(C)CC(C)C. The van der Waals surface area contributed by atoms with E-state index >= 15 is 0 Å². The molecule has 0 heteroatoms. The standard InChI is InChI=1S/C27H54/c1-11-23(7)25(9)27(12-2)26(10)24(8)18-17-21(5)15-13-14-16-22(6)19-20(3)4/h18,20-23,25-27H,11-17,19H2,1-10H3. The number of rotatable bonds is 15. The molecule has 0 rings (SSSR count). The van der Waals surface area contributed by atoms with E-state index in [4.69, 9.17) is 0 Å². The van der Waals surface area contributed by atoms with Gasteiger partial charge in [0.1, 0.15) is 0 Å². The first kappa shape index (κ1) is 26.7. The number of hydrogen-bond acceptors (Lipinski definition) is 0. The van der Waals surface area contributed by atoms with E-state index in [1.807, 2.05) is 0 Å². The molecule has 162 valence electrons. The van der Waals surface area contributed by atoms with Gasteiger partial charge in [-0.3, -0.25) is 0 Å². The van der Waals surface area contributed by atoms with Gasteiger partial charge in [0.25, 0.3) is 0 Å². The van der Waals surface area contributed by atoms with E-state index in [1.165, 1.54) is 51.4 Å². The number of allylic oxidation sites excluding steroid dienone is 2. The maximum Gasteiger partial charge on any atom is -0.0204 e. The van der Waals surface area contributed by atoms with Crippen molar-refractivity contribution in [2.24, 2.45) is 41.4 Å². The minimum atomic E-state index is 0.725. The molecule has 27 heavy (non-hydrogen) atoms. The fourth-order valence-electron chi connectivity index (χ4n) is 4.91. The summed E-state index contributed by atoms with van der Waals surface area (Å²) >= 11 is 0. The van der Waals surface area contributed by atoms with Gasteiger partial charge in [-0.15, -0.1) is 0 Å². The third kappa shape index (κ3) is 11.4. The average Bonchev–Trinajstić information content (AvgIpc) is 2.62. The Labute approximate surface area is 174 Å². The minimum absolute atomic E-state index is 0.725. The summed E-state index contributed by atoms with van der Waals surface area (Å²) in [6.07, 6.45) is 13.5. The highest BCUT2D eigenvalue weighted by atomic mass is 14.3. The second kappa shape index (κ2) is 14.7. The molecular formula is C27H54. The Hall–Kier alpha value is -0.260. The Morgan fingerprint density at radius 2 is 1.33 bits per heavy atom. The summed E-state index contributed by atoms with van der Waals surface area (Å²) in [7, 11) is 0. The molecule has 0 aromatic rings. The predicted molar refractivity (Wildman–Crippen MR) is 126 cm³/mol. The van der Waals surface area contributed by atoms with Crippen molar-refractivity contribution in [3.8, 4) is 0 Å². The molecule has 0 heterocycles. The summed E-state index contributed by atoms with van der Waals surface area (Å²) < 4.78 is 0. The maximum atomic E-state index is 2.57. The van der Waals surface area contributed by atoms with Gasteiger partial charge in [-0.05, 0) is 61.2 Å². The molecule has 6 atom stereocenters. The predicted octanol–water partition coefficient (Wildman–Crippen LogP) is 9.55. The second-order valence-corrected chi connectivity index (χ2v) is 10.4. The molecule has 0 amide bonds. The van der Waals surface area contributed by atoms with Gasteiger partial charge in [-0.2, -0.15) is 0 Å². The highest BCUT2D eigenvalue weighted by Crippen LogP contribution is 2.35. The zero-order chi connectivity index (χ0) is 21.0. The summed E-state index contributed by atoms with van der Waals surface area (Å²) in [6.45, 7) is 24.1. The Morgan fingerprint density at radius 1 is 0.778 bits per heavy atom. The van der Waals surface area contributed by atoms with Gasteiger partial charge >= 0.3 is 0 Å². The summed E-state index contributed by atoms with van der Waals surface area (Å²) in [6, 6.07) is 0. The minimum Gasteiger partial charge on any atom is -0.0851 e. The fourth-order valence-corrected chi connectivity index (χ4v) is 4.91. The van der Waals surface area contributed by atoms with Crippen molar-refractivity contribution in [3.63, 3.8) is 0 Å². The quantitative estimate of drug-likeness (QED) is 0.196. The van der Waals surface area contributed by atoms with Crippen LogP contribution in [0.1, 0.15) is 121 Å². The smallest absolute Gasteiger partial charge is 0.0204 e. The van der Waals surface area contributed by atoms with Gasteiger partial charge in [-0.1, -0.05) is 112 Å². The molecule has 0 fully saturated rings. The number of hydrogen-bond donors (Lipinski definition) is 0. The first-order valence-electron chi connectivity index (χ1n) is 12.3. The van der Waals surface area contributed by atoms with Crippen LogP contribution in [0.15, 0.2) is 11.6 Å². The first-order chi connectivity index (χ1) is 12.6. The molecule has 0 spiro atoms. The molecule has 0 radical (unpaired) electrons. The Morgan fingerprint density at radius 3 is 1.81 bits per heavy atom. The van der Waals surface area contributed by atoms with Gasteiger partial charge in [-0.25, -0.2) is 0 Å². The third-order valence-corrected chi connectivity index (χ3v) is 7.41. The van der Waals surface area contributed by atoms with E-state index in [-0.39, 0.29) is 0 Å². The van der Waals surface area contributed by atoms with Crippen LogP contribution in [0.5, 0.6) is 0 Å². The van der Waals surface area contributed by atoms with Crippen LogP contribution < -0.4 is 0 Å². The zero-order valence-electron chi connectivity index (χ0n) is 20.8. The Balaban J connectivity index is 4.33. The van der Waals surface area contributed by atoms with Crippen molar-refractivity contribution in [3.05, 3.63) is 11.6 Å². The van der Waals surface area contributed by atoms with Crippen LogP contribution in [0.3, 0.4) is 0 Å². The Bertz CT molecular complexity index is 377. The lowest BCUT2D eigenvalue weighted by Crippen LogP contribution is -2.25. The van der Waals surface area contributed by atoms with Crippen molar-refractivity contribution in [2.75, 3.05) is 0 Å². The summed E-state index contributed by atoms with van der Waals surface area (Å²) in [5.74, 6) is 5.80. The van der Waals surface area contributed by atoms with Gasteiger partial charge in [0.05, 0.1) is 0 Å². The van der Waals surface area contributed by atoms with Gasteiger partial charge in [0.15, 0.2) is 0 Å². The molecule has 0 N–H and O–H groups in total. The van der Waals surface area contributed by atoms with Crippen LogP contribution >= 0.6 is 0 Å². The van der Waals surface area contributed by atoms with Crippen LogP contribution in [-0.2, 0) is 0 Å². The molecular weight excluding hydrogens is 324 g/mol. The molecule has 6 unspecified atom stereocenters. The van der Waals surface area contributed by atoms with E-state index < -0.39 is 0 Å². The normalized spacial score (nSPS) is 19.6. The largest absolute Gasteiger partial charge is 0.0851 e. The van der Waals surface area contributed by atoms with Crippen molar-refractivity contribution in [1.82, 2.24) is 0 Å². The topological polar surface area (TPSA) is 0 Å². The molecule has 0 bridgehead atoms. The van der Waals surface area contributed by atoms with Crippen LogP contribution in [0.25, 0.3) is 0 Å². The lowest BCUT2D eigenvalue weighted by atomic mass is 9.72. The molecule has 0 aromatic carbocycles. The van der Waals surface area contributed by atoms with E-state index in [1.54, 1.807) is 5.57 Å². The molecule has 0 saturated heterocycles. The van der Waals surface area contributed by atoms with Gasteiger partial charge in [0, 0.05) is 0 Å². The highest BCUT2D eigenvalue weighted by Gasteiger charge is 2.26. The average molecular weight is 379 g/mol. The van der Waals surface area contributed by atoms with Crippen LogP contribution in [0, 0.1) is 41.4 Å². The Kier molecular flexibility index (Phi) is 14.6. The first-order valence-corrected chi connectivity index (χ1v) is 12.3. The summed E-state index contributed by atoms with van der Waals surface area (Å²) in [4.78, 5) is 0. The van der Waals surface area contributed by atoms with Crippen LogP contribution in [0.4, 0.5) is 0 Å².